The fraction of sp³-hybridized carbons (Fsp3) is 0.318. The van der Waals surface area contributed by atoms with Gasteiger partial charge in [0.2, 0.25) is 0 Å². The number of aromatic nitrogens is 1. The summed E-state index contributed by atoms with van der Waals surface area (Å²) in [6, 6.07) is 13.8. The van der Waals surface area contributed by atoms with Gasteiger partial charge in [0, 0.05) is 30.7 Å². The predicted molar refractivity (Wildman–Crippen MR) is 107 cm³/mol. The maximum Gasteiger partial charge on any atom is 0.433 e. The topological polar surface area (TPSA) is 37.4 Å². The Bertz CT molecular complexity index is 1000. The number of ether oxygens (including phenoxy) is 1. The largest absolute Gasteiger partial charge is 0.433 e. The highest BCUT2D eigenvalue weighted by molar-refractivity contribution is 5.91. The summed E-state index contributed by atoms with van der Waals surface area (Å²) in [6.07, 6.45) is -4.54. The van der Waals surface area contributed by atoms with Crippen molar-refractivity contribution in [3.05, 3.63) is 71.7 Å². The molecular weight excluding hydrogens is 398 g/mol. The van der Waals surface area contributed by atoms with E-state index in [-0.39, 0.29) is 17.4 Å². The van der Waals surface area contributed by atoms with Crippen molar-refractivity contribution in [2.24, 2.45) is 0 Å². The van der Waals surface area contributed by atoms with Gasteiger partial charge in [-0.25, -0.2) is 9.37 Å². The summed E-state index contributed by atoms with van der Waals surface area (Å²) in [6.45, 7) is 2.89. The van der Waals surface area contributed by atoms with Crippen LogP contribution in [-0.4, -0.2) is 42.7 Å². The average Bonchev–Trinajstić information content (AvgIpc) is 2.75. The van der Waals surface area contributed by atoms with E-state index in [1.807, 2.05) is 0 Å². The lowest BCUT2D eigenvalue weighted by molar-refractivity contribution is -0.140. The maximum atomic E-state index is 13.4. The minimum Gasteiger partial charge on any atom is -0.383 e. The number of rotatable bonds is 5. The molecule has 1 saturated heterocycles. The lowest BCUT2D eigenvalue weighted by Gasteiger charge is -2.35. The Kier molecular flexibility index (Phi) is 5.87. The van der Waals surface area contributed by atoms with Crippen LogP contribution in [-0.2, 0) is 10.9 Å². The SMILES string of the molecule is Fc1ccc([C@@H](CNc2cc(C(F)(F)F)nc3ccccc23)N2CCOCC2)cc1. The van der Waals surface area contributed by atoms with E-state index in [0.717, 1.165) is 11.6 Å². The molecule has 3 aromatic rings. The molecule has 2 aromatic carbocycles. The van der Waals surface area contributed by atoms with E-state index in [1.54, 1.807) is 36.4 Å². The zero-order chi connectivity index (χ0) is 21.1. The van der Waals surface area contributed by atoms with Crippen molar-refractivity contribution in [3.8, 4) is 0 Å². The van der Waals surface area contributed by atoms with Crippen LogP contribution in [0.3, 0.4) is 0 Å². The van der Waals surface area contributed by atoms with E-state index in [2.05, 4.69) is 15.2 Å². The van der Waals surface area contributed by atoms with Crippen LogP contribution in [0.5, 0.6) is 0 Å². The number of benzene rings is 2. The van der Waals surface area contributed by atoms with Crippen LogP contribution >= 0.6 is 0 Å². The molecule has 30 heavy (non-hydrogen) atoms. The number of anilines is 1. The number of hydrogen-bond donors (Lipinski definition) is 1. The van der Waals surface area contributed by atoms with Gasteiger partial charge in [-0.05, 0) is 29.8 Å². The normalized spacial score (nSPS) is 16.5. The molecule has 0 spiro atoms. The summed E-state index contributed by atoms with van der Waals surface area (Å²) in [5, 5.41) is 3.81. The summed E-state index contributed by atoms with van der Waals surface area (Å²) >= 11 is 0. The molecule has 0 aliphatic carbocycles. The molecule has 158 valence electrons. The lowest BCUT2D eigenvalue weighted by atomic mass is 10.0. The molecule has 8 heteroatoms. The van der Waals surface area contributed by atoms with Crippen molar-refractivity contribution >= 4 is 16.6 Å². The van der Waals surface area contributed by atoms with Crippen LogP contribution in [0.1, 0.15) is 17.3 Å². The fourth-order valence-corrected chi connectivity index (χ4v) is 3.71. The number of fused-ring (bicyclic) bond motifs is 1. The number of pyridine rings is 1. The third-order valence-electron chi connectivity index (χ3n) is 5.23. The molecule has 1 aliphatic heterocycles. The van der Waals surface area contributed by atoms with Crippen LogP contribution in [0.15, 0.2) is 54.6 Å². The smallest absolute Gasteiger partial charge is 0.383 e. The van der Waals surface area contributed by atoms with Crippen molar-refractivity contribution in [2.45, 2.75) is 12.2 Å². The van der Waals surface area contributed by atoms with E-state index in [0.29, 0.717) is 43.9 Å². The van der Waals surface area contributed by atoms with Crippen molar-refractivity contribution < 1.29 is 22.3 Å². The first-order chi connectivity index (χ1) is 14.4. The zero-order valence-corrected chi connectivity index (χ0v) is 16.1. The molecule has 0 unspecified atom stereocenters. The highest BCUT2D eigenvalue weighted by Gasteiger charge is 2.33. The van der Waals surface area contributed by atoms with Gasteiger partial charge >= 0.3 is 6.18 Å². The number of alkyl halides is 3. The number of hydrogen-bond acceptors (Lipinski definition) is 4. The maximum absolute atomic E-state index is 13.4. The Labute approximate surface area is 171 Å². The van der Waals surface area contributed by atoms with Gasteiger partial charge in [0.25, 0.3) is 0 Å². The minimum absolute atomic E-state index is 0.143. The molecule has 0 bridgehead atoms. The van der Waals surface area contributed by atoms with Gasteiger partial charge in [-0.15, -0.1) is 0 Å². The number of nitrogens with zero attached hydrogens (tertiary/aromatic N) is 2. The first-order valence-electron chi connectivity index (χ1n) is 9.70. The standard InChI is InChI=1S/C22H21F4N3O/c23-16-7-5-15(6-8-16)20(29-9-11-30-12-10-29)14-27-19-13-21(22(24,25)26)28-18-4-2-1-3-17(18)19/h1-8,13,20H,9-12,14H2,(H,27,28)/t20-/m1/s1. The van der Waals surface area contributed by atoms with Crippen LogP contribution in [0.25, 0.3) is 10.9 Å². The van der Waals surface area contributed by atoms with E-state index < -0.39 is 11.9 Å². The monoisotopic (exact) mass is 419 g/mol. The molecule has 1 fully saturated rings. The zero-order valence-electron chi connectivity index (χ0n) is 16.1. The van der Waals surface area contributed by atoms with Crippen molar-refractivity contribution in [3.63, 3.8) is 0 Å². The predicted octanol–water partition coefficient (Wildman–Crippen LogP) is 4.88. The first kappa shape index (κ1) is 20.6. The van der Waals surface area contributed by atoms with Gasteiger partial charge in [-0.2, -0.15) is 13.2 Å². The lowest BCUT2D eigenvalue weighted by Crippen LogP contribution is -2.41. The number of halogens is 4. The number of nitrogens with one attached hydrogen (secondary N) is 1. The van der Waals surface area contributed by atoms with Crippen LogP contribution in [0, 0.1) is 5.82 Å². The highest BCUT2D eigenvalue weighted by atomic mass is 19.4. The summed E-state index contributed by atoms with van der Waals surface area (Å²) in [5.41, 5.74) is 0.599. The molecule has 0 radical (unpaired) electrons. The van der Waals surface area contributed by atoms with Crippen LogP contribution < -0.4 is 5.32 Å². The van der Waals surface area contributed by atoms with E-state index in [9.17, 15) is 17.6 Å². The molecular formula is C22H21F4N3O. The molecule has 4 nitrogen and oxygen atoms in total. The summed E-state index contributed by atoms with van der Waals surface area (Å²) in [4.78, 5) is 5.95. The fourth-order valence-electron chi connectivity index (χ4n) is 3.71. The Balaban J connectivity index is 1.66. The first-order valence-corrected chi connectivity index (χ1v) is 9.70. The van der Waals surface area contributed by atoms with Gasteiger partial charge in [0.05, 0.1) is 24.8 Å². The van der Waals surface area contributed by atoms with E-state index in [1.165, 1.54) is 12.1 Å². The van der Waals surface area contributed by atoms with Gasteiger partial charge < -0.3 is 10.1 Å². The third kappa shape index (κ3) is 4.55. The quantitative estimate of drug-likeness (QED) is 0.599. The molecule has 1 N–H and O–H groups in total. The van der Waals surface area contributed by atoms with E-state index >= 15 is 0 Å². The van der Waals surface area contributed by atoms with Crippen LogP contribution in [0.2, 0.25) is 0 Å². The third-order valence-corrected chi connectivity index (χ3v) is 5.23. The van der Waals surface area contributed by atoms with Crippen molar-refractivity contribution in [1.82, 2.24) is 9.88 Å². The minimum atomic E-state index is -4.54. The van der Waals surface area contributed by atoms with Gasteiger partial charge in [0.1, 0.15) is 11.5 Å². The van der Waals surface area contributed by atoms with E-state index in [4.69, 9.17) is 4.74 Å². The van der Waals surface area contributed by atoms with Gasteiger partial charge in [-0.3, -0.25) is 4.90 Å². The molecule has 0 saturated carbocycles. The van der Waals surface area contributed by atoms with Gasteiger partial charge in [0.15, 0.2) is 0 Å². The van der Waals surface area contributed by atoms with Crippen molar-refractivity contribution in [1.29, 1.82) is 0 Å². The van der Waals surface area contributed by atoms with Crippen molar-refractivity contribution in [2.75, 3.05) is 38.2 Å². The summed E-state index contributed by atoms with van der Waals surface area (Å²) in [5.74, 6) is -0.331. The molecule has 4 rings (SSSR count). The second-order valence-corrected chi connectivity index (χ2v) is 7.17. The Hall–Kier alpha value is -2.71. The molecule has 0 amide bonds. The number of morpholine rings is 1. The molecule has 1 aromatic heterocycles. The average molecular weight is 419 g/mol. The highest BCUT2D eigenvalue weighted by Crippen LogP contribution is 2.33. The molecule has 1 aliphatic rings. The number of para-hydroxylation sites is 1. The second-order valence-electron chi connectivity index (χ2n) is 7.17. The molecule has 2 heterocycles. The summed E-state index contributed by atoms with van der Waals surface area (Å²) < 4.78 is 58.9. The molecule has 1 atom stereocenters. The van der Waals surface area contributed by atoms with Crippen LogP contribution in [0.4, 0.5) is 23.2 Å². The van der Waals surface area contributed by atoms with Gasteiger partial charge in [-0.1, -0.05) is 30.3 Å². The Morgan fingerprint density at radius 3 is 2.43 bits per heavy atom. The Morgan fingerprint density at radius 1 is 1.03 bits per heavy atom. The second kappa shape index (κ2) is 8.57. The Morgan fingerprint density at radius 2 is 1.73 bits per heavy atom. The summed E-state index contributed by atoms with van der Waals surface area (Å²) in [7, 11) is 0.